The summed E-state index contributed by atoms with van der Waals surface area (Å²) in [7, 11) is 1.62. The number of nitrogens with zero attached hydrogens (tertiary/aromatic N) is 3. The Hall–Kier alpha value is -2.69. The summed E-state index contributed by atoms with van der Waals surface area (Å²) >= 11 is 0. The summed E-state index contributed by atoms with van der Waals surface area (Å²) in [5.41, 5.74) is 9.59. The monoisotopic (exact) mass is 306 g/mol. The van der Waals surface area contributed by atoms with Gasteiger partial charge in [-0.05, 0) is 37.6 Å². The lowest BCUT2D eigenvalue weighted by Crippen LogP contribution is -1.97. The van der Waals surface area contributed by atoms with E-state index in [-0.39, 0.29) is 0 Å². The van der Waals surface area contributed by atoms with Gasteiger partial charge in [0.1, 0.15) is 11.6 Å². The zero-order valence-electron chi connectivity index (χ0n) is 13.2. The molecule has 1 fully saturated rings. The van der Waals surface area contributed by atoms with Gasteiger partial charge in [-0.1, -0.05) is 6.07 Å². The smallest absolute Gasteiger partial charge is 0.142 e. The topological polar surface area (TPSA) is 73.9 Å². The Labute approximate surface area is 134 Å². The predicted octanol–water partition coefficient (Wildman–Crippen LogP) is 3.20. The van der Waals surface area contributed by atoms with Gasteiger partial charge in [-0.15, -0.1) is 0 Å². The maximum absolute atomic E-state index is 5.99. The lowest BCUT2D eigenvalue weighted by molar-refractivity contribution is 0.417. The highest BCUT2D eigenvalue weighted by molar-refractivity contribution is 5.85. The molecule has 0 saturated heterocycles. The van der Waals surface area contributed by atoms with Crippen LogP contribution >= 0.6 is 0 Å². The van der Waals surface area contributed by atoms with Crippen LogP contribution in [-0.4, -0.2) is 22.1 Å². The maximum atomic E-state index is 5.99. The molecule has 4 rings (SSSR count). The quantitative estimate of drug-likeness (QED) is 0.752. The van der Waals surface area contributed by atoms with Gasteiger partial charge in [0, 0.05) is 34.8 Å². The summed E-state index contributed by atoms with van der Waals surface area (Å²) in [5.74, 6) is 2.37. The highest BCUT2D eigenvalue weighted by Crippen LogP contribution is 2.53. The number of rotatable bonds is 3. The van der Waals surface area contributed by atoms with Crippen LogP contribution in [0.5, 0.6) is 5.75 Å². The van der Waals surface area contributed by atoms with E-state index < -0.39 is 0 Å². The van der Waals surface area contributed by atoms with Crippen molar-refractivity contribution < 1.29 is 4.74 Å². The summed E-state index contributed by atoms with van der Waals surface area (Å²) in [6.45, 7) is 1.99. The minimum Gasteiger partial charge on any atom is -0.495 e. The normalized spacial score (nSPS) is 19.7. The average molecular weight is 306 g/mol. The van der Waals surface area contributed by atoms with Crippen LogP contribution in [0.1, 0.15) is 35.5 Å². The first kappa shape index (κ1) is 13.9. The molecule has 0 unspecified atom stereocenters. The number of hydrogen-bond acceptors (Lipinski definition) is 5. The third kappa shape index (κ3) is 2.48. The van der Waals surface area contributed by atoms with E-state index in [0.29, 0.717) is 23.3 Å². The van der Waals surface area contributed by atoms with Crippen LogP contribution in [0.25, 0.3) is 10.9 Å². The molecule has 3 aromatic rings. The summed E-state index contributed by atoms with van der Waals surface area (Å²) in [6.07, 6.45) is 2.88. The number of nitrogens with two attached hydrogens (primary N) is 1. The zero-order valence-corrected chi connectivity index (χ0v) is 13.2. The summed E-state index contributed by atoms with van der Waals surface area (Å²) in [6, 6.07) is 9.88. The standard InChI is InChI=1S/C18H18N4O/c1-10-5-6-20-18(21-10)13-8-12(13)15-4-3-11-7-17(23-2)14(19)9-16(11)22-15/h3-7,9,12-13H,8,19H2,1-2H3/t12-,13-/m0/s1. The Morgan fingerprint density at radius 1 is 1.13 bits per heavy atom. The van der Waals surface area contributed by atoms with Crippen LogP contribution in [-0.2, 0) is 0 Å². The van der Waals surface area contributed by atoms with E-state index in [1.807, 2.05) is 31.3 Å². The van der Waals surface area contributed by atoms with Crippen LogP contribution in [0.15, 0.2) is 36.5 Å². The van der Waals surface area contributed by atoms with Gasteiger partial charge in [0.25, 0.3) is 0 Å². The molecule has 2 aromatic heterocycles. The van der Waals surface area contributed by atoms with Gasteiger partial charge < -0.3 is 10.5 Å². The summed E-state index contributed by atoms with van der Waals surface area (Å²) in [4.78, 5) is 13.7. The lowest BCUT2D eigenvalue weighted by atomic mass is 10.1. The van der Waals surface area contributed by atoms with Crippen molar-refractivity contribution >= 4 is 16.6 Å². The van der Waals surface area contributed by atoms with Crippen molar-refractivity contribution in [3.8, 4) is 5.75 Å². The number of ether oxygens (including phenoxy) is 1. The molecular weight excluding hydrogens is 288 g/mol. The van der Waals surface area contributed by atoms with E-state index >= 15 is 0 Å². The van der Waals surface area contributed by atoms with Gasteiger partial charge in [-0.25, -0.2) is 9.97 Å². The van der Waals surface area contributed by atoms with Gasteiger partial charge in [0.15, 0.2) is 0 Å². The molecule has 5 nitrogen and oxygen atoms in total. The second-order valence-electron chi connectivity index (χ2n) is 6.03. The molecular formula is C18H18N4O. The first-order valence-corrected chi connectivity index (χ1v) is 7.69. The number of aryl methyl sites for hydroxylation is 1. The average Bonchev–Trinajstić information content (AvgIpc) is 3.34. The number of hydrogen-bond donors (Lipinski definition) is 1. The fraction of sp³-hybridized carbons (Fsp3) is 0.278. The molecule has 1 aromatic carbocycles. The van der Waals surface area contributed by atoms with Crippen molar-refractivity contribution in [1.29, 1.82) is 0 Å². The van der Waals surface area contributed by atoms with E-state index in [2.05, 4.69) is 22.1 Å². The summed E-state index contributed by atoms with van der Waals surface area (Å²) < 4.78 is 5.26. The first-order chi connectivity index (χ1) is 11.2. The van der Waals surface area contributed by atoms with Crippen molar-refractivity contribution in [2.45, 2.75) is 25.2 Å². The van der Waals surface area contributed by atoms with E-state index in [9.17, 15) is 0 Å². The summed E-state index contributed by atoms with van der Waals surface area (Å²) in [5, 5.41) is 1.03. The minimum atomic E-state index is 0.371. The molecule has 1 aliphatic rings. The molecule has 1 aliphatic carbocycles. The Balaban J connectivity index is 1.66. The molecule has 2 N–H and O–H groups in total. The highest BCUT2D eigenvalue weighted by atomic mass is 16.5. The fourth-order valence-corrected chi connectivity index (χ4v) is 3.02. The maximum Gasteiger partial charge on any atom is 0.142 e. The van der Waals surface area contributed by atoms with Crippen LogP contribution in [0.3, 0.4) is 0 Å². The molecule has 116 valence electrons. The number of nitrogen functional groups attached to an aromatic ring is 1. The minimum absolute atomic E-state index is 0.371. The number of anilines is 1. The largest absolute Gasteiger partial charge is 0.495 e. The third-order valence-corrected chi connectivity index (χ3v) is 4.38. The van der Waals surface area contributed by atoms with Crippen molar-refractivity contribution in [3.63, 3.8) is 0 Å². The van der Waals surface area contributed by atoms with E-state index in [1.54, 1.807) is 7.11 Å². The lowest BCUT2D eigenvalue weighted by Gasteiger charge is -2.07. The van der Waals surface area contributed by atoms with Crippen LogP contribution in [0.2, 0.25) is 0 Å². The highest BCUT2D eigenvalue weighted by Gasteiger charge is 2.42. The van der Waals surface area contributed by atoms with Gasteiger partial charge >= 0.3 is 0 Å². The van der Waals surface area contributed by atoms with Gasteiger partial charge in [0.2, 0.25) is 0 Å². The molecule has 5 heteroatoms. The Bertz CT molecular complexity index is 893. The predicted molar refractivity (Wildman–Crippen MR) is 89.6 cm³/mol. The Kier molecular flexibility index (Phi) is 3.15. The molecule has 0 spiro atoms. The molecule has 0 bridgehead atoms. The van der Waals surface area contributed by atoms with Crippen molar-refractivity contribution in [2.75, 3.05) is 12.8 Å². The van der Waals surface area contributed by atoms with Crippen LogP contribution < -0.4 is 10.5 Å². The SMILES string of the molecule is COc1cc2ccc([C@H]3C[C@@H]3c3nccc(C)n3)nc2cc1N. The van der Waals surface area contributed by atoms with Gasteiger partial charge in [-0.3, -0.25) is 4.98 Å². The molecule has 0 amide bonds. The second-order valence-corrected chi connectivity index (χ2v) is 6.03. The van der Waals surface area contributed by atoms with Crippen molar-refractivity contribution in [1.82, 2.24) is 15.0 Å². The number of aromatic nitrogens is 3. The van der Waals surface area contributed by atoms with Gasteiger partial charge in [-0.2, -0.15) is 0 Å². The van der Waals surface area contributed by atoms with Crippen molar-refractivity contribution in [3.05, 3.63) is 53.7 Å². The van der Waals surface area contributed by atoms with Crippen LogP contribution in [0.4, 0.5) is 5.69 Å². The van der Waals surface area contributed by atoms with Crippen molar-refractivity contribution in [2.24, 2.45) is 0 Å². The fourth-order valence-electron chi connectivity index (χ4n) is 3.02. The van der Waals surface area contributed by atoms with E-state index in [4.69, 9.17) is 15.5 Å². The Morgan fingerprint density at radius 2 is 2.00 bits per heavy atom. The Morgan fingerprint density at radius 3 is 2.78 bits per heavy atom. The molecule has 0 aliphatic heterocycles. The number of fused-ring (bicyclic) bond motifs is 1. The molecule has 2 heterocycles. The molecule has 23 heavy (non-hydrogen) atoms. The molecule has 0 radical (unpaired) electrons. The van der Waals surface area contributed by atoms with Crippen LogP contribution in [0, 0.1) is 6.92 Å². The first-order valence-electron chi connectivity index (χ1n) is 7.69. The third-order valence-electron chi connectivity index (χ3n) is 4.38. The molecule has 2 atom stereocenters. The van der Waals surface area contributed by atoms with E-state index in [1.165, 1.54) is 0 Å². The van der Waals surface area contributed by atoms with Gasteiger partial charge in [0.05, 0.1) is 18.3 Å². The number of methoxy groups -OCH3 is 1. The molecule has 1 saturated carbocycles. The number of benzene rings is 1. The second kappa shape index (κ2) is 5.19. The zero-order chi connectivity index (χ0) is 16.0. The van der Waals surface area contributed by atoms with E-state index in [0.717, 1.165) is 34.5 Å². The number of pyridine rings is 1.